The third kappa shape index (κ3) is 4.58. The Morgan fingerprint density at radius 2 is 1.95 bits per heavy atom. The Hall–Kier alpha value is -1.85. The minimum atomic E-state index is -2.88. The van der Waals surface area contributed by atoms with Gasteiger partial charge in [-0.15, -0.1) is 0 Å². The smallest absolute Gasteiger partial charge is 0.387 e. The minimum Gasteiger partial charge on any atom is -0.434 e. The number of carbonyl (C=O) groups is 1. The first-order chi connectivity index (χ1) is 10.5. The Bertz CT molecular complexity index is 515. The predicted octanol–water partition coefficient (Wildman–Crippen LogP) is 4.30. The normalized spacial score (nSPS) is 21.5. The molecule has 1 aromatic carbocycles. The highest BCUT2D eigenvalue weighted by atomic mass is 19.3. The van der Waals surface area contributed by atoms with E-state index in [9.17, 15) is 13.6 Å². The molecule has 4 nitrogen and oxygen atoms in total. The van der Waals surface area contributed by atoms with Gasteiger partial charge in [-0.3, -0.25) is 0 Å². The molecule has 1 aromatic rings. The van der Waals surface area contributed by atoms with Crippen molar-refractivity contribution in [1.82, 2.24) is 5.32 Å². The summed E-state index contributed by atoms with van der Waals surface area (Å²) in [7, 11) is 0. The van der Waals surface area contributed by atoms with Crippen molar-refractivity contribution in [2.75, 3.05) is 5.32 Å². The molecule has 0 atom stereocenters. The predicted molar refractivity (Wildman–Crippen MR) is 81.4 cm³/mol. The number of hydrogen-bond acceptors (Lipinski definition) is 2. The Morgan fingerprint density at radius 3 is 2.59 bits per heavy atom. The first-order valence-corrected chi connectivity index (χ1v) is 7.57. The zero-order valence-electron chi connectivity index (χ0n) is 12.9. The summed E-state index contributed by atoms with van der Waals surface area (Å²) in [4.78, 5) is 12.0. The number of rotatable bonds is 4. The highest BCUT2D eigenvalue weighted by Gasteiger charge is 2.20. The van der Waals surface area contributed by atoms with E-state index in [1.54, 1.807) is 19.1 Å². The van der Waals surface area contributed by atoms with Crippen LogP contribution in [0.1, 0.15) is 38.2 Å². The Labute approximate surface area is 129 Å². The number of ether oxygens (including phenoxy) is 1. The van der Waals surface area contributed by atoms with Gasteiger partial charge in [0.1, 0.15) is 5.75 Å². The molecule has 1 fully saturated rings. The first-order valence-electron chi connectivity index (χ1n) is 7.57. The monoisotopic (exact) mass is 312 g/mol. The summed E-state index contributed by atoms with van der Waals surface area (Å²) in [6.07, 6.45) is 4.17. The van der Waals surface area contributed by atoms with Crippen LogP contribution in [0.5, 0.6) is 5.75 Å². The molecule has 0 aliphatic heterocycles. The number of anilines is 1. The van der Waals surface area contributed by atoms with Crippen LogP contribution in [0.25, 0.3) is 0 Å². The van der Waals surface area contributed by atoms with E-state index in [1.165, 1.54) is 6.07 Å². The quantitative estimate of drug-likeness (QED) is 0.871. The van der Waals surface area contributed by atoms with Crippen LogP contribution in [0, 0.1) is 12.8 Å². The van der Waals surface area contributed by atoms with Crippen molar-refractivity contribution >= 4 is 11.7 Å². The fourth-order valence-electron chi connectivity index (χ4n) is 2.72. The van der Waals surface area contributed by atoms with Crippen molar-refractivity contribution in [2.24, 2.45) is 5.92 Å². The summed E-state index contributed by atoms with van der Waals surface area (Å²) < 4.78 is 29.1. The van der Waals surface area contributed by atoms with E-state index in [2.05, 4.69) is 22.3 Å². The Balaban J connectivity index is 1.94. The van der Waals surface area contributed by atoms with Gasteiger partial charge in [-0.25, -0.2) is 4.79 Å². The van der Waals surface area contributed by atoms with Crippen LogP contribution < -0.4 is 15.4 Å². The van der Waals surface area contributed by atoms with Crippen molar-refractivity contribution < 1.29 is 18.3 Å². The second-order valence-corrected chi connectivity index (χ2v) is 5.86. The molecule has 0 spiro atoms. The Kier molecular flexibility index (Phi) is 5.57. The first kappa shape index (κ1) is 16.5. The maximum atomic E-state index is 12.3. The molecule has 2 rings (SSSR count). The second kappa shape index (κ2) is 7.42. The largest absolute Gasteiger partial charge is 0.434 e. The van der Waals surface area contributed by atoms with E-state index < -0.39 is 6.61 Å². The molecule has 22 heavy (non-hydrogen) atoms. The van der Waals surface area contributed by atoms with Crippen molar-refractivity contribution in [3.63, 3.8) is 0 Å². The van der Waals surface area contributed by atoms with Gasteiger partial charge in [-0.05, 0) is 50.7 Å². The summed E-state index contributed by atoms with van der Waals surface area (Å²) in [5.41, 5.74) is 0.954. The van der Waals surface area contributed by atoms with Gasteiger partial charge in [0.25, 0.3) is 0 Å². The van der Waals surface area contributed by atoms with E-state index >= 15 is 0 Å². The lowest BCUT2D eigenvalue weighted by Crippen LogP contribution is -2.40. The fourth-order valence-corrected chi connectivity index (χ4v) is 2.72. The number of amides is 2. The molecule has 0 heterocycles. The number of halogens is 2. The average molecular weight is 312 g/mol. The molecule has 0 saturated heterocycles. The number of hydrogen-bond donors (Lipinski definition) is 2. The third-order valence-corrected chi connectivity index (χ3v) is 4.10. The van der Waals surface area contributed by atoms with E-state index in [0.29, 0.717) is 17.2 Å². The van der Waals surface area contributed by atoms with Crippen molar-refractivity contribution in [3.05, 3.63) is 23.8 Å². The maximum Gasteiger partial charge on any atom is 0.387 e. The number of carbonyl (C=O) groups excluding carboxylic acids is 1. The molecule has 6 heteroatoms. The lowest BCUT2D eigenvalue weighted by molar-refractivity contribution is -0.0502. The second-order valence-electron chi connectivity index (χ2n) is 5.86. The van der Waals surface area contributed by atoms with Gasteiger partial charge in [-0.2, -0.15) is 8.78 Å². The van der Waals surface area contributed by atoms with Crippen LogP contribution in [0.15, 0.2) is 18.2 Å². The molecule has 2 amide bonds. The molecule has 1 aliphatic rings. The summed E-state index contributed by atoms with van der Waals surface area (Å²) in [6.45, 7) is 0.969. The molecule has 0 aromatic heterocycles. The van der Waals surface area contributed by atoms with Crippen molar-refractivity contribution in [1.29, 1.82) is 0 Å². The van der Waals surface area contributed by atoms with E-state index in [4.69, 9.17) is 0 Å². The highest BCUT2D eigenvalue weighted by Crippen LogP contribution is 2.27. The molecule has 2 N–H and O–H groups in total. The van der Waals surface area contributed by atoms with Gasteiger partial charge < -0.3 is 15.4 Å². The molecule has 1 aliphatic carbocycles. The average Bonchev–Trinajstić information content (AvgIpc) is 2.45. The number of urea groups is 1. The molecule has 1 saturated carbocycles. The van der Waals surface area contributed by atoms with Crippen LogP contribution in [0.3, 0.4) is 0 Å². The van der Waals surface area contributed by atoms with Crippen LogP contribution in [0.2, 0.25) is 0 Å². The fraction of sp³-hybridized carbons (Fsp3) is 0.562. The molecule has 0 bridgehead atoms. The van der Waals surface area contributed by atoms with Crippen LogP contribution in [-0.4, -0.2) is 18.7 Å². The summed E-state index contributed by atoms with van der Waals surface area (Å²) in [5.74, 6) is 0.783. The van der Waals surface area contributed by atoms with Crippen LogP contribution in [0.4, 0.5) is 19.3 Å². The van der Waals surface area contributed by atoms with Gasteiger partial charge in [0.05, 0.1) is 0 Å². The zero-order chi connectivity index (χ0) is 16.1. The topological polar surface area (TPSA) is 50.4 Å². The van der Waals surface area contributed by atoms with Crippen LogP contribution in [-0.2, 0) is 0 Å². The molecule has 122 valence electrons. The minimum absolute atomic E-state index is 0.0688. The van der Waals surface area contributed by atoms with Gasteiger partial charge in [0.2, 0.25) is 0 Å². The van der Waals surface area contributed by atoms with Gasteiger partial charge in [0.15, 0.2) is 0 Å². The maximum absolute atomic E-state index is 12.3. The Morgan fingerprint density at radius 1 is 1.27 bits per heavy atom. The van der Waals surface area contributed by atoms with Gasteiger partial charge >= 0.3 is 12.6 Å². The lowest BCUT2D eigenvalue weighted by atomic mass is 9.87. The summed E-state index contributed by atoms with van der Waals surface area (Å²) >= 11 is 0. The summed E-state index contributed by atoms with van der Waals surface area (Å²) in [6, 6.07) is 4.56. The van der Waals surface area contributed by atoms with Crippen molar-refractivity contribution in [2.45, 2.75) is 52.2 Å². The third-order valence-electron chi connectivity index (χ3n) is 4.10. The van der Waals surface area contributed by atoms with Crippen LogP contribution >= 0.6 is 0 Å². The molecular weight excluding hydrogens is 290 g/mol. The summed E-state index contributed by atoms with van der Waals surface area (Å²) in [5, 5.41) is 5.64. The van der Waals surface area contributed by atoms with E-state index in [-0.39, 0.29) is 17.8 Å². The SMILES string of the molecule is Cc1c(NC(=O)NC2CCC(C)CC2)cccc1OC(F)F. The van der Waals surface area contributed by atoms with Gasteiger partial charge in [-0.1, -0.05) is 13.0 Å². The number of nitrogens with one attached hydrogen (secondary N) is 2. The van der Waals surface area contributed by atoms with Gasteiger partial charge in [0, 0.05) is 17.3 Å². The number of benzene rings is 1. The zero-order valence-corrected chi connectivity index (χ0v) is 12.9. The van der Waals surface area contributed by atoms with Crippen molar-refractivity contribution in [3.8, 4) is 5.75 Å². The lowest BCUT2D eigenvalue weighted by Gasteiger charge is -2.27. The number of alkyl halides is 2. The molecule has 0 unspecified atom stereocenters. The van der Waals surface area contributed by atoms with E-state index in [1.807, 2.05) is 0 Å². The van der Waals surface area contributed by atoms with E-state index in [0.717, 1.165) is 25.7 Å². The molecule has 0 radical (unpaired) electrons. The standard InChI is InChI=1S/C16H22F2N2O2/c1-10-6-8-12(9-7-10)19-16(21)20-13-4-3-5-14(11(13)2)22-15(17)18/h3-5,10,12,15H,6-9H2,1-2H3,(H2,19,20,21). The molecular formula is C16H22F2N2O2. The highest BCUT2D eigenvalue weighted by molar-refractivity contribution is 5.90.